The highest BCUT2D eigenvalue weighted by molar-refractivity contribution is 5.87. The molecular weight excluding hydrogens is 617 g/mol. The van der Waals surface area contributed by atoms with E-state index >= 15 is 0 Å². The molecule has 0 radical (unpaired) electrons. The minimum absolute atomic E-state index is 0.806. The van der Waals surface area contributed by atoms with Crippen molar-refractivity contribution in [1.29, 1.82) is 0 Å². The van der Waals surface area contributed by atoms with Gasteiger partial charge in [-0.3, -0.25) is 24.8 Å². The van der Waals surface area contributed by atoms with Gasteiger partial charge in [-0.05, 0) is 97.1 Å². The fraction of sp³-hybridized carbons (Fsp3) is 0.143. The van der Waals surface area contributed by atoms with Crippen molar-refractivity contribution < 1.29 is 0 Å². The van der Waals surface area contributed by atoms with E-state index in [0.717, 1.165) is 106 Å². The van der Waals surface area contributed by atoms with Crippen molar-refractivity contribution in [2.75, 3.05) is 54.8 Å². The Labute approximate surface area is 291 Å². The van der Waals surface area contributed by atoms with Crippen molar-refractivity contribution in [2.24, 2.45) is 0 Å². The van der Waals surface area contributed by atoms with E-state index in [1.165, 1.54) is 0 Å². The zero-order valence-corrected chi connectivity index (χ0v) is 27.8. The maximum atomic E-state index is 4.56. The molecule has 8 aromatic rings. The van der Waals surface area contributed by atoms with Gasteiger partial charge in [-0.2, -0.15) is 0 Å². The smallest absolute Gasteiger partial charge is 0.0703 e. The molecule has 0 aliphatic carbocycles. The lowest BCUT2D eigenvalue weighted by atomic mass is 10.1. The summed E-state index contributed by atoms with van der Waals surface area (Å²) in [5.41, 5.74) is 8.47. The summed E-state index contributed by atoms with van der Waals surface area (Å²) in [4.78, 5) is 23.0. The average molecular weight is 655 g/mol. The van der Waals surface area contributed by atoms with E-state index in [-0.39, 0.29) is 0 Å². The van der Waals surface area contributed by atoms with E-state index in [1.807, 2.05) is 49.1 Å². The number of pyridine rings is 4. The number of hydrogen-bond donors (Lipinski definition) is 2. The minimum atomic E-state index is 0.806. The molecule has 8 rings (SSSR count). The third kappa shape index (κ3) is 7.16. The summed E-state index contributed by atoms with van der Waals surface area (Å²) >= 11 is 0. The van der Waals surface area contributed by atoms with Gasteiger partial charge in [0.1, 0.15) is 0 Å². The normalized spacial score (nSPS) is 11.5. The van der Waals surface area contributed by atoms with Crippen LogP contribution >= 0.6 is 0 Å². The van der Waals surface area contributed by atoms with Crippen molar-refractivity contribution in [3.05, 3.63) is 146 Å². The molecule has 0 fully saturated rings. The highest BCUT2D eigenvalue weighted by Crippen LogP contribution is 2.30. The summed E-state index contributed by atoms with van der Waals surface area (Å²) in [5.74, 6) is 0. The van der Waals surface area contributed by atoms with Gasteiger partial charge >= 0.3 is 0 Å². The molecule has 8 heteroatoms. The van der Waals surface area contributed by atoms with Gasteiger partial charge in [0.25, 0.3) is 0 Å². The number of rotatable bonds is 13. The van der Waals surface area contributed by atoms with Gasteiger partial charge < -0.3 is 15.5 Å². The second-order valence-electron chi connectivity index (χ2n) is 12.4. The first-order valence-corrected chi connectivity index (χ1v) is 17.1. The number of hydrogen-bond acceptors (Lipinski definition) is 8. The van der Waals surface area contributed by atoms with Crippen LogP contribution < -0.4 is 15.5 Å². The fourth-order valence-corrected chi connectivity index (χ4v) is 6.53. The molecule has 2 N–H and O–H groups in total. The average Bonchev–Trinajstić information content (AvgIpc) is 3.17. The first-order chi connectivity index (χ1) is 24.7. The first kappa shape index (κ1) is 31.2. The van der Waals surface area contributed by atoms with Gasteiger partial charge in [0.15, 0.2) is 0 Å². The Morgan fingerprint density at radius 1 is 0.400 bits per heavy atom. The monoisotopic (exact) mass is 654 g/mol. The SMILES string of the molecule is c1cnc2ccc(NCCN(CCNc3ccc4ncccc4c3)CCN(c3ccc4ncccc4c3)c3ccc4ncccc4c3)cc2c1. The van der Waals surface area contributed by atoms with Crippen LogP contribution in [0.3, 0.4) is 0 Å². The summed E-state index contributed by atoms with van der Waals surface area (Å²) in [7, 11) is 0. The second-order valence-corrected chi connectivity index (χ2v) is 12.4. The molecular formula is C42H38N8. The zero-order valence-electron chi connectivity index (χ0n) is 27.8. The topological polar surface area (TPSA) is 82.1 Å². The van der Waals surface area contributed by atoms with Gasteiger partial charge in [0.2, 0.25) is 0 Å². The van der Waals surface area contributed by atoms with E-state index < -0.39 is 0 Å². The van der Waals surface area contributed by atoms with Crippen LogP contribution in [0.15, 0.2) is 146 Å². The Balaban J connectivity index is 1.03. The van der Waals surface area contributed by atoms with E-state index in [4.69, 9.17) is 0 Å². The van der Waals surface area contributed by atoms with Crippen molar-refractivity contribution >= 4 is 66.4 Å². The molecule has 4 heterocycles. The van der Waals surface area contributed by atoms with Gasteiger partial charge in [0, 0.05) is 108 Å². The standard InChI is InChI=1S/C42H38N8/c1-5-31-27-35(9-13-39(31)45-17-1)43-21-23-49(24-22-44-36-10-14-40-32(28-36)6-2-18-46-40)25-26-50(37-11-15-41-33(29-37)7-3-19-47-41)38-12-16-42-34(30-38)8-4-20-48-42/h1-20,27-30,43-44H,21-26H2. The summed E-state index contributed by atoms with van der Waals surface area (Å²) < 4.78 is 0. The van der Waals surface area contributed by atoms with Crippen LogP contribution in [0.25, 0.3) is 43.6 Å². The molecule has 0 atom stereocenters. The highest BCUT2D eigenvalue weighted by atomic mass is 15.2. The molecule has 0 aliphatic heterocycles. The summed E-state index contributed by atoms with van der Waals surface area (Å²) in [6.45, 7) is 5.06. The van der Waals surface area contributed by atoms with Crippen LogP contribution in [-0.4, -0.2) is 64.1 Å². The van der Waals surface area contributed by atoms with Gasteiger partial charge in [-0.15, -0.1) is 0 Å². The predicted molar refractivity (Wildman–Crippen MR) is 207 cm³/mol. The molecule has 0 saturated carbocycles. The van der Waals surface area contributed by atoms with Gasteiger partial charge in [-0.1, -0.05) is 24.3 Å². The molecule has 0 bridgehead atoms. The highest BCUT2D eigenvalue weighted by Gasteiger charge is 2.15. The van der Waals surface area contributed by atoms with Crippen LogP contribution in [0, 0.1) is 0 Å². The predicted octanol–water partition coefficient (Wildman–Crippen LogP) is 8.54. The van der Waals surface area contributed by atoms with E-state index in [9.17, 15) is 0 Å². The quantitative estimate of drug-likeness (QED) is 0.128. The third-order valence-corrected chi connectivity index (χ3v) is 9.16. The summed E-state index contributed by atoms with van der Waals surface area (Å²) in [6, 6.07) is 42.2. The van der Waals surface area contributed by atoms with E-state index in [0.29, 0.717) is 0 Å². The van der Waals surface area contributed by atoms with E-state index in [2.05, 4.69) is 137 Å². The number of nitrogens with one attached hydrogen (secondary N) is 2. The molecule has 0 amide bonds. The maximum absolute atomic E-state index is 4.56. The zero-order chi connectivity index (χ0) is 33.5. The van der Waals surface area contributed by atoms with Gasteiger partial charge in [-0.25, -0.2) is 0 Å². The van der Waals surface area contributed by atoms with Crippen molar-refractivity contribution in [1.82, 2.24) is 24.8 Å². The maximum Gasteiger partial charge on any atom is 0.0703 e. The molecule has 246 valence electrons. The largest absolute Gasteiger partial charge is 0.384 e. The Morgan fingerprint density at radius 3 is 1.24 bits per heavy atom. The third-order valence-electron chi connectivity index (χ3n) is 9.16. The number of fused-ring (bicyclic) bond motifs is 4. The number of nitrogens with zero attached hydrogens (tertiary/aromatic N) is 6. The Bertz CT molecular complexity index is 2230. The Kier molecular flexibility index (Phi) is 9.07. The van der Waals surface area contributed by atoms with Crippen LogP contribution in [0.4, 0.5) is 22.7 Å². The van der Waals surface area contributed by atoms with Crippen molar-refractivity contribution in [3.8, 4) is 0 Å². The number of benzene rings is 4. The molecule has 4 aromatic carbocycles. The van der Waals surface area contributed by atoms with Crippen LogP contribution in [0.1, 0.15) is 0 Å². The minimum Gasteiger partial charge on any atom is -0.384 e. The molecule has 50 heavy (non-hydrogen) atoms. The summed E-state index contributed by atoms with van der Waals surface area (Å²) in [6.07, 6.45) is 7.37. The first-order valence-electron chi connectivity index (χ1n) is 17.1. The van der Waals surface area contributed by atoms with Crippen LogP contribution in [-0.2, 0) is 0 Å². The second kappa shape index (κ2) is 14.6. The van der Waals surface area contributed by atoms with Crippen molar-refractivity contribution in [3.63, 3.8) is 0 Å². The van der Waals surface area contributed by atoms with E-state index in [1.54, 1.807) is 0 Å². The molecule has 0 aliphatic rings. The molecule has 0 spiro atoms. The van der Waals surface area contributed by atoms with Gasteiger partial charge in [0.05, 0.1) is 22.1 Å². The lowest BCUT2D eigenvalue weighted by molar-refractivity contribution is 0.302. The number of aromatic nitrogens is 4. The molecule has 0 unspecified atom stereocenters. The van der Waals surface area contributed by atoms with Crippen LogP contribution in [0.2, 0.25) is 0 Å². The van der Waals surface area contributed by atoms with Crippen LogP contribution in [0.5, 0.6) is 0 Å². The molecule has 4 aromatic heterocycles. The molecule has 0 saturated heterocycles. The fourth-order valence-electron chi connectivity index (χ4n) is 6.53. The Morgan fingerprint density at radius 2 is 0.800 bits per heavy atom. The number of anilines is 4. The molecule has 8 nitrogen and oxygen atoms in total. The lowest BCUT2D eigenvalue weighted by Crippen LogP contribution is -2.38. The Hall–Kier alpha value is -6.12. The lowest BCUT2D eigenvalue weighted by Gasteiger charge is -2.30. The summed E-state index contributed by atoms with van der Waals surface area (Å²) in [5, 5.41) is 11.8. The van der Waals surface area contributed by atoms with Crippen molar-refractivity contribution in [2.45, 2.75) is 0 Å².